The number of aliphatic hydroxyl groups is 2. The van der Waals surface area contributed by atoms with Crippen LogP contribution in [0.15, 0.2) is 72.8 Å². The van der Waals surface area contributed by atoms with Crippen molar-refractivity contribution in [1.29, 1.82) is 0 Å². The molecule has 4 aliphatic rings. The average Bonchev–Trinajstić information content (AvgIpc) is 0.661. The van der Waals surface area contributed by atoms with Crippen LogP contribution in [0.5, 0.6) is 0 Å². The fourth-order valence-electron chi connectivity index (χ4n) is 13.3. The summed E-state index contributed by atoms with van der Waals surface area (Å²) < 4.78 is 36.8. The Labute approximate surface area is 509 Å². The number of carbonyl (C=O) groups excluding carboxylic acids is 10. The van der Waals surface area contributed by atoms with Crippen LogP contribution in [-0.4, -0.2) is 167 Å². The van der Waals surface area contributed by atoms with E-state index in [0.29, 0.717) is 11.1 Å². The van der Waals surface area contributed by atoms with Crippen LogP contribution in [0.1, 0.15) is 113 Å². The Kier molecular flexibility index (Phi) is 21.7. The van der Waals surface area contributed by atoms with E-state index in [9.17, 15) is 43.8 Å². The maximum Gasteiger partial charge on any atom is 0.408 e. The van der Waals surface area contributed by atoms with Crippen molar-refractivity contribution in [1.82, 2.24) is 26.6 Å². The van der Waals surface area contributed by atoms with Crippen LogP contribution in [0.3, 0.4) is 0 Å². The molecule has 0 aromatic heterocycles. The SMILES string of the molecule is C=PC(=O)OC1C2C(C)(C(=O)C(=O)C3C(C)C(OC(=O)C(OC(=O)CNC(=O)C(CC(C)C)NC(=O)C(Cc4ccccc4)NC(=O)CNC(=O)C(=C)C)C(Cc4ccccc4)NC(=O)OC(C)(C)C)CC1(O)C3(C)C)C(O)CC1OC(C)(C)C12OC. The molecule has 1 heterocycles. The van der Waals surface area contributed by atoms with Crippen molar-refractivity contribution in [3.8, 4) is 0 Å². The molecule has 1 aliphatic heterocycles. The third-order valence-electron chi connectivity index (χ3n) is 17.7. The van der Waals surface area contributed by atoms with Gasteiger partial charge in [-0.3, -0.25) is 33.6 Å². The Bertz CT molecular complexity index is 2970. The molecule has 2 aromatic rings. The van der Waals surface area contributed by atoms with Gasteiger partial charge in [0.1, 0.15) is 47.6 Å². The molecule has 0 spiro atoms. The summed E-state index contributed by atoms with van der Waals surface area (Å²) in [4.78, 5) is 141. The summed E-state index contributed by atoms with van der Waals surface area (Å²) in [7, 11) is 1.20. The number of Topliss-reactive ketones (excluding diaryl/α,β-unsaturated/α-hetero) is 2. The van der Waals surface area contributed by atoms with E-state index in [4.69, 9.17) is 28.4 Å². The van der Waals surface area contributed by atoms with E-state index in [1.54, 1.807) is 109 Å². The van der Waals surface area contributed by atoms with E-state index in [1.807, 2.05) is 0 Å². The fourth-order valence-corrected chi connectivity index (χ4v) is 13.5. The second kappa shape index (κ2) is 27.2. The second-order valence-corrected chi connectivity index (χ2v) is 26.7. The lowest BCUT2D eigenvalue weighted by atomic mass is 9.41. The molecule has 14 atom stereocenters. The number of ether oxygens (including phenoxy) is 6. The highest BCUT2D eigenvalue weighted by Gasteiger charge is 2.82. The lowest BCUT2D eigenvalue weighted by molar-refractivity contribution is -0.414. The first-order valence-electron chi connectivity index (χ1n) is 29.2. The number of rotatable bonds is 23. The van der Waals surface area contributed by atoms with Gasteiger partial charge in [0.05, 0.1) is 35.8 Å². The smallest absolute Gasteiger partial charge is 0.408 e. The molecule has 476 valence electrons. The van der Waals surface area contributed by atoms with Gasteiger partial charge >= 0.3 is 23.7 Å². The first-order chi connectivity index (χ1) is 40.5. The summed E-state index contributed by atoms with van der Waals surface area (Å²) in [6, 6.07) is 13.1. The summed E-state index contributed by atoms with van der Waals surface area (Å²) in [6.07, 6.45) is -6.23. The largest absolute Gasteiger partial charge is 0.459 e. The lowest BCUT2D eigenvalue weighted by Gasteiger charge is -2.72. The predicted octanol–water partition coefficient (Wildman–Crippen LogP) is 4.41. The summed E-state index contributed by atoms with van der Waals surface area (Å²) in [5.41, 5.74) is -9.68. The highest BCUT2D eigenvalue weighted by Crippen LogP contribution is 2.67. The van der Waals surface area contributed by atoms with Gasteiger partial charge in [-0.25, -0.2) is 14.4 Å². The Morgan fingerprint density at radius 1 is 0.828 bits per heavy atom. The highest BCUT2D eigenvalue weighted by atomic mass is 31.1. The van der Waals surface area contributed by atoms with Gasteiger partial charge < -0.3 is 65.2 Å². The number of esters is 2. The van der Waals surface area contributed by atoms with Gasteiger partial charge in [-0.1, -0.05) is 108 Å². The van der Waals surface area contributed by atoms with Crippen LogP contribution >= 0.6 is 8.20 Å². The van der Waals surface area contributed by atoms with E-state index in [0.717, 1.165) is 0 Å². The van der Waals surface area contributed by atoms with E-state index in [1.165, 1.54) is 41.7 Å². The molecular weight excluding hydrogens is 1150 g/mol. The molecule has 1 saturated heterocycles. The summed E-state index contributed by atoms with van der Waals surface area (Å²) in [6.45, 7) is 21.3. The summed E-state index contributed by atoms with van der Waals surface area (Å²) >= 11 is 0. The minimum atomic E-state index is -2.41. The third-order valence-corrected chi connectivity index (χ3v) is 18.0. The zero-order chi connectivity index (χ0) is 64.9. The monoisotopic (exact) mass is 1230 g/mol. The zero-order valence-corrected chi connectivity index (χ0v) is 52.8. The molecule has 3 saturated carbocycles. The van der Waals surface area contributed by atoms with Crippen molar-refractivity contribution in [3.05, 3.63) is 83.9 Å². The number of aliphatic hydroxyl groups excluding tert-OH is 1. The number of carbonyl (C=O) groups is 10. The minimum Gasteiger partial charge on any atom is -0.459 e. The number of hydrogen-bond donors (Lipinski definition) is 7. The van der Waals surface area contributed by atoms with Gasteiger partial charge in [0.2, 0.25) is 41.3 Å². The molecule has 7 N–H and O–H groups in total. The molecular formula is C63H86N5O18P. The number of nitrogens with one attached hydrogen (secondary N) is 5. The van der Waals surface area contributed by atoms with Crippen LogP contribution < -0.4 is 26.6 Å². The molecule has 14 unspecified atom stereocenters. The third kappa shape index (κ3) is 14.7. The van der Waals surface area contributed by atoms with E-state index >= 15 is 14.4 Å². The second-order valence-electron chi connectivity index (χ2n) is 26.0. The van der Waals surface area contributed by atoms with Gasteiger partial charge in [-0.2, -0.15) is 0 Å². The molecule has 2 bridgehead atoms. The van der Waals surface area contributed by atoms with Crippen molar-refractivity contribution >= 4 is 73.4 Å². The molecule has 3 aliphatic carbocycles. The number of amides is 5. The Morgan fingerprint density at radius 2 is 1.43 bits per heavy atom. The number of alkyl carbamates (subject to hydrolysis) is 1. The standard InChI is InChI=1S/C63H86N5O18P/c1-33(2)26-39(67-54(76)40(28-37-24-20-17-21-25-37)66-44(70)31-64-52(74)34(3)4)53(75)65-32-45(71)83-48(38(27-36-22-18-16-19-23-36)68-56(78)86-58(6,7)8)55(77)82-41-30-62(80)51(84-57(79)87-15)49-61(13,50(73)47(72)46(35(41)5)59(62,9)10)42(69)29-43-63(49,81-14)60(11,12)85-43/h16-25,33,35,38-43,46,48-49,51,69,80H,3,15,26-32H2,1-2,4-14H3,(H,64,74)(H,65,75)(H,66,70)(H,67,76)(H,68,78). The number of fused-ring (bicyclic) bond motifs is 5. The molecule has 24 heteroatoms. The minimum absolute atomic E-state index is 0.0168. The van der Waals surface area contributed by atoms with Crippen LogP contribution in [0.25, 0.3) is 0 Å². The van der Waals surface area contributed by atoms with E-state index < -0.39 is 178 Å². The molecule has 0 radical (unpaired) electrons. The molecule has 23 nitrogen and oxygen atoms in total. The highest BCUT2D eigenvalue weighted by molar-refractivity contribution is 7.55. The van der Waals surface area contributed by atoms with E-state index in [2.05, 4.69) is 39.5 Å². The van der Waals surface area contributed by atoms with Crippen molar-refractivity contribution in [2.75, 3.05) is 20.2 Å². The molecule has 2 aromatic carbocycles. The van der Waals surface area contributed by atoms with E-state index in [-0.39, 0.29) is 45.4 Å². The topological polar surface area (TPSA) is 327 Å². The molecule has 5 amide bonds. The van der Waals surface area contributed by atoms with Crippen molar-refractivity contribution < 1.29 is 86.6 Å². The maximum atomic E-state index is 15.4. The van der Waals surface area contributed by atoms with Crippen LogP contribution in [0.4, 0.5) is 9.59 Å². The number of ketones is 2. The Hall–Kier alpha value is -6.91. The van der Waals surface area contributed by atoms with Crippen LogP contribution in [0, 0.1) is 34.5 Å². The summed E-state index contributed by atoms with van der Waals surface area (Å²) in [5.74, 6) is -11.9. The van der Waals surface area contributed by atoms with Crippen molar-refractivity contribution in [2.45, 2.75) is 186 Å². The van der Waals surface area contributed by atoms with Crippen LogP contribution in [-0.2, 0) is 79.6 Å². The van der Waals surface area contributed by atoms with Crippen LogP contribution in [0.2, 0.25) is 0 Å². The number of hydrogen-bond acceptors (Lipinski definition) is 18. The van der Waals surface area contributed by atoms with Gasteiger partial charge in [0.25, 0.3) is 0 Å². The van der Waals surface area contributed by atoms with Gasteiger partial charge in [-0.15, -0.1) is 0 Å². The first-order valence-corrected chi connectivity index (χ1v) is 30.2. The van der Waals surface area contributed by atoms with Gasteiger partial charge in [0, 0.05) is 63.3 Å². The normalized spacial score (nSPS) is 28.3. The predicted molar refractivity (Wildman–Crippen MR) is 319 cm³/mol. The lowest BCUT2D eigenvalue weighted by Crippen LogP contribution is -2.87. The van der Waals surface area contributed by atoms with Gasteiger partial charge in [-0.05, 0) is 78.4 Å². The zero-order valence-electron chi connectivity index (χ0n) is 51.9. The quantitative estimate of drug-likeness (QED) is 0.0266. The Morgan fingerprint density at radius 3 is 1.97 bits per heavy atom. The maximum absolute atomic E-state index is 15.4. The number of benzene rings is 2. The number of methoxy groups -OCH3 is 1. The van der Waals surface area contributed by atoms with Gasteiger partial charge in [0.15, 0.2) is 0 Å². The fraction of sp³-hybridized carbons (Fsp3) is 0.603. The molecule has 87 heavy (non-hydrogen) atoms. The molecule has 4 fully saturated rings. The average molecular weight is 1230 g/mol. The first kappa shape index (κ1) is 69.2. The summed E-state index contributed by atoms with van der Waals surface area (Å²) in [5, 5.41) is 38.7. The van der Waals surface area contributed by atoms with Crippen molar-refractivity contribution in [2.24, 2.45) is 34.5 Å². The van der Waals surface area contributed by atoms with Crippen molar-refractivity contribution in [3.63, 3.8) is 0 Å². The molecule has 6 rings (SSSR count). The Balaban J connectivity index is 1.36.